The number of carbonyl (C=O) groups excluding carboxylic acids is 2. The molecule has 3 amide bonds. The van der Waals surface area contributed by atoms with Crippen LogP contribution in [0.15, 0.2) is 42.5 Å². The minimum absolute atomic E-state index is 0.0151. The van der Waals surface area contributed by atoms with E-state index in [1.807, 2.05) is 27.8 Å². The molecule has 2 aromatic carbocycles. The van der Waals surface area contributed by atoms with E-state index in [0.717, 1.165) is 18.7 Å². The second-order valence-electron chi connectivity index (χ2n) is 9.91. The maximum atomic E-state index is 13.8. The number of amides is 3. The van der Waals surface area contributed by atoms with E-state index in [-0.39, 0.29) is 29.9 Å². The lowest BCUT2D eigenvalue weighted by molar-refractivity contribution is -0.133. The van der Waals surface area contributed by atoms with Gasteiger partial charge < -0.3 is 19.7 Å². The van der Waals surface area contributed by atoms with Crippen LogP contribution in [0.4, 0.5) is 13.6 Å². The fourth-order valence-electron chi connectivity index (χ4n) is 5.56. The summed E-state index contributed by atoms with van der Waals surface area (Å²) in [6.45, 7) is 6.74. The number of phenolic OH excluding ortho intramolecular Hbond substituents is 1. The molecule has 1 fully saturated rings. The molecule has 10 heteroatoms. The second kappa shape index (κ2) is 11.2. The Morgan fingerprint density at radius 2 is 1.95 bits per heavy atom. The first-order valence-corrected chi connectivity index (χ1v) is 13.4. The van der Waals surface area contributed by atoms with E-state index in [1.165, 1.54) is 17.0 Å². The third kappa shape index (κ3) is 5.05. The standard InChI is InChI=1S/C27H30F2N4O4.C2H6/c1-4-31(3)11-6-12-32-24(35)27(2)15-20-19-14-18(37-25(28)29)9-10-21(19)30-22(20)23(33(27)26(32)36)16-7-5-8-17(34)13-16;1-2/h5,7-10,13-14,23,25,30,34H,4,6,11-12,15H2,1-3H3;1-2H3/t23-,27+;/m1./s1. The Labute approximate surface area is 227 Å². The number of fused-ring (bicyclic) bond motifs is 4. The van der Waals surface area contributed by atoms with Crippen LogP contribution in [-0.2, 0) is 11.2 Å². The van der Waals surface area contributed by atoms with E-state index in [4.69, 9.17) is 0 Å². The van der Waals surface area contributed by atoms with Gasteiger partial charge in [0.2, 0.25) is 0 Å². The molecule has 5 rings (SSSR count). The molecule has 8 nitrogen and oxygen atoms in total. The van der Waals surface area contributed by atoms with Crippen LogP contribution in [0.25, 0.3) is 10.9 Å². The number of phenols is 1. The number of carbonyl (C=O) groups is 2. The van der Waals surface area contributed by atoms with Gasteiger partial charge in [-0.25, -0.2) is 4.79 Å². The lowest BCUT2D eigenvalue weighted by atomic mass is 9.81. The maximum Gasteiger partial charge on any atom is 0.387 e. The quantitative estimate of drug-likeness (QED) is 0.367. The van der Waals surface area contributed by atoms with Gasteiger partial charge in [0.1, 0.15) is 23.1 Å². The van der Waals surface area contributed by atoms with Crippen LogP contribution >= 0.6 is 0 Å². The molecule has 0 saturated carbocycles. The molecule has 210 valence electrons. The molecule has 0 unspecified atom stereocenters. The molecular formula is C29H36F2N4O4. The van der Waals surface area contributed by atoms with Gasteiger partial charge in [0.05, 0.1) is 0 Å². The van der Waals surface area contributed by atoms with Crippen molar-refractivity contribution in [2.24, 2.45) is 0 Å². The first-order chi connectivity index (χ1) is 18.6. The predicted molar refractivity (Wildman–Crippen MR) is 145 cm³/mol. The number of hydrogen-bond acceptors (Lipinski definition) is 5. The normalized spacial score (nSPS) is 20.4. The number of rotatable bonds is 8. The Morgan fingerprint density at radius 3 is 2.62 bits per heavy atom. The summed E-state index contributed by atoms with van der Waals surface area (Å²) >= 11 is 0. The van der Waals surface area contributed by atoms with Crippen molar-refractivity contribution in [1.29, 1.82) is 0 Å². The van der Waals surface area contributed by atoms with Gasteiger partial charge in [-0.2, -0.15) is 8.78 Å². The summed E-state index contributed by atoms with van der Waals surface area (Å²) < 4.78 is 30.4. The van der Waals surface area contributed by atoms with Crippen molar-refractivity contribution in [3.63, 3.8) is 0 Å². The summed E-state index contributed by atoms with van der Waals surface area (Å²) in [5.74, 6) is -0.240. The molecule has 0 aliphatic carbocycles. The van der Waals surface area contributed by atoms with Crippen molar-refractivity contribution in [2.75, 3.05) is 26.7 Å². The summed E-state index contributed by atoms with van der Waals surface area (Å²) in [4.78, 5) is 36.0. The topological polar surface area (TPSA) is 89.1 Å². The lowest BCUT2D eigenvalue weighted by Gasteiger charge is -2.42. The Bertz CT molecular complexity index is 1360. The molecule has 3 aromatic rings. The Balaban J connectivity index is 0.00000172. The molecule has 3 heterocycles. The number of ether oxygens (including phenoxy) is 1. The van der Waals surface area contributed by atoms with Gasteiger partial charge in [-0.3, -0.25) is 14.6 Å². The van der Waals surface area contributed by atoms with Gasteiger partial charge in [-0.1, -0.05) is 32.9 Å². The number of H-pyrrole nitrogens is 1. The van der Waals surface area contributed by atoms with Crippen LogP contribution in [0.1, 0.15) is 57.0 Å². The molecule has 0 bridgehead atoms. The highest BCUT2D eigenvalue weighted by molar-refractivity contribution is 6.08. The average molecular weight is 543 g/mol. The van der Waals surface area contributed by atoms with Crippen LogP contribution in [0.3, 0.4) is 0 Å². The van der Waals surface area contributed by atoms with E-state index in [2.05, 4.69) is 14.6 Å². The molecule has 2 aliphatic rings. The van der Waals surface area contributed by atoms with Gasteiger partial charge in [0, 0.05) is 29.6 Å². The molecule has 0 radical (unpaired) electrons. The fraction of sp³-hybridized carbons (Fsp3) is 0.448. The molecular weight excluding hydrogens is 506 g/mol. The zero-order valence-electron chi connectivity index (χ0n) is 23.0. The van der Waals surface area contributed by atoms with Crippen molar-refractivity contribution in [3.05, 3.63) is 59.3 Å². The van der Waals surface area contributed by atoms with Gasteiger partial charge in [0.25, 0.3) is 5.91 Å². The highest BCUT2D eigenvalue weighted by atomic mass is 19.3. The van der Waals surface area contributed by atoms with E-state index in [9.17, 15) is 23.5 Å². The number of aromatic hydroxyl groups is 1. The van der Waals surface area contributed by atoms with Crippen LogP contribution in [-0.4, -0.2) is 75.6 Å². The minimum atomic E-state index is -2.96. The van der Waals surface area contributed by atoms with Gasteiger partial charge in [-0.15, -0.1) is 0 Å². The highest BCUT2D eigenvalue weighted by Crippen LogP contribution is 2.49. The summed E-state index contributed by atoms with van der Waals surface area (Å²) in [6.07, 6.45) is 0.858. The van der Waals surface area contributed by atoms with E-state index in [0.29, 0.717) is 35.1 Å². The van der Waals surface area contributed by atoms with Gasteiger partial charge >= 0.3 is 12.6 Å². The van der Waals surface area contributed by atoms with Crippen molar-refractivity contribution < 1.29 is 28.2 Å². The number of benzene rings is 2. The summed E-state index contributed by atoms with van der Waals surface area (Å²) in [6, 6.07) is 10.2. The zero-order valence-corrected chi connectivity index (χ0v) is 23.0. The number of nitrogens with zero attached hydrogens (tertiary/aromatic N) is 3. The van der Waals surface area contributed by atoms with E-state index >= 15 is 0 Å². The third-order valence-electron chi connectivity index (χ3n) is 7.51. The van der Waals surface area contributed by atoms with Gasteiger partial charge in [-0.05, 0) is 74.9 Å². The molecule has 2 aliphatic heterocycles. The summed E-state index contributed by atoms with van der Waals surface area (Å²) in [7, 11) is 1.99. The van der Waals surface area contributed by atoms with Crippen LogP contribution < -0.4 is 4.74 Å². The van der Waals surface area contributed by atoms with Crippen molar-refractivity contribution in [2.45, 2.75) is 58.7 Å². The number of halogens is 2. The number of aromatic amines is 1. The molecule has 2 N–H and O–H groups in total. The minimum Gasteiger partial charge on any atom is -0.508 e. The monoisotopic (exact) mass is 542 g/mol. The predicted octanol–water partition coefficient (Wildman–Crippen LogP) is 5.51. The number of imide groups is 1. The Morgan fingerprint density at radius 1 is 1.21 bits per heavy atom. The number of aromatic nitrogens is 1. The lowest BCUT2D eigenvalue weighted by Crippen LogP contribution is -2.53. The summed E-state index contributed by atoms with van der Waals surface area (Å²) in [5.41, 5.74) is 1.57. The molecule has 0 spiro atoms. The number of urea groups is 1. The van der Waals surface area contributed by atoms with Gasteiger partial charge in [0.15, 0.2) is 0 Å². The SMILES string of the molecule is CC.CCN(C)CCCN1C(=O)N2[C@H](c3cccc(O)c3)c3[nH]c4ccc(OC(F)F)cc4c3C[C@@]2(C)C1=O. The van der Waals surface area contributed by atoms with E-state index in [1.54, 1.807) is 42.2 Å². The first kappa shape index (κ1) is 28.4. The van der Waals surface area contributed by atoms with Crippen molar-refractivity contribution in [3.8, 4) is 11.5 Å². The largest absolute Gasteiger partial charge is 0.508 e. The molecule has 2 atom stereocenters. The fourth-order valence-corrected chi connectivity index (χ4v) is 5.56. The first-order valence-electron chi connectivity index (χ1n) is 13.4. The molecule has 1 aromatic heterocycles. The third-order valence-corrected chi connectivity index (χ3v) is 7.51. The highest BCUT2D eigenvalue weighted by Gasteiger charge is 2.60. The van der Waals surface area contributed by atoms with Crippen molar-refractivity contribution >= 4 is 22.8 Å². The Kier molecular flexibility index (Phi) is 8.15. The summed E-state index contributed by atoms with van der Waals surface area (Å²) in [5, 5.41) is 10.9. The van der Waals surface area contributed by atoms with Crippen LogP contribution in [0.5, 0.6) is 11.5 Å². The number of alkyl halides is 2. The smallest absolute Gasteiger partial charge is 0.387 e. The molecule has 1 saturated heterocycles. The number of hydrogen-bond donors (Lipinski definition) is 2. The Hall–Kier alpha value is -3.66. The van der Waals surface area contributed by atoms with Crippen LogP contribution in [0, 0.1) is 0 Å². The number of nitrogens with one attached hydrogen (secondary N) is 1. The average Bonchev–Trinajstić information content (AvgIpc) is 3.35. The molecule has 39 heavy (non-hydrogen) atoms. The zero-order chi connectivity index (χ0) is 28.5. The second-order valence-corrected chi connectivity index (χ2v) is 9.91. The van der Waals surface area contributed by atoms with Crippen LogP contribution in [0.2, 0.25) is 0 Å². The maximum absolute atomic E-state index is 13.8. The van der Waals surface area contributed by atoms with Crippen molar-refractivity contribution in [1.82, 2.24) is 19.7 Å². The van der Waals surface area contributed by atoms with E-state index < -0.39 is 18.2 Å².